The van der Waals surface area contributed by atoms with Crippen LogP contribution in [0.1, 0.15) is 19.4 Å². The van der Waals surface area contributed by atoms with E-state index in [4.69, 9.17) is 24.4 Å². The van der Waals surface area contributed by atoms with Crippen molar-refractivity contribution >= 4 is 34.4 Å². The number of amides is 1. The van der Waals surface area contributed by atoms with Crippen LogP contribution in [0.15, 0.2) is 30.3 Å². The molecule has 9 heteroatoms. The number of carbonyl (C=O) groups excluding carboxylic acids is 1. The van der Waals surface area contributed by atoms with Gasteiger partial charge in [-0.05, 0) is 43.7 Å². The van der Waals surface area contributed by atoms with E-state index in [2.05, 4.69) is 35.0 Å². The molecular weight excluding hydrogens is 432 g/mol. The van der Waals surface area contributed by atoms with Crippen molar-refractivity contribution in [2.45, 2.75) is 32.4 Å². The van der Waals surface area contributed by atoms with E-state index in [-0.39, 0.29) is 18.0 Å². The molecule has 3 aliphatic heterocycles. The standard InChI is InChI=1S/C25H28N6O3/c1-15-13-33-9-7-30(15)24-19-4-6-20(17-3-5-21-18(11-17)12-22(32)26-21)27-23(19)28-25(29-24)31-8-10-34-14-16(31)2/h3-6,11,15-16H,7-10,12-14H2,1-2H3,(H,26,32)/t15-,16-/m0/s1. The molecule has 0 spiro atoms. The Balaban J connectivity index is 1.47. The van der Waals surface area contributed by atoms with Crippen LogP contribution in [-0.2, 0) is 20.7 Å². The molecule has 9 nitrogen and oxygen atoms in total. The third-order valence-corrected chi connectivity index (χ3v) is 6.82. The number of ether oxygens (including phenoxy) is 2. The molecule has 6 rings (SSSR count). The van der Waals surface area contributed by atoms with Gasteiger partial charge in [0.2, 0.25) is 11.9 Å². The summed E-state index contributed by atoms with van der Waals surface area (Å²) in [5.41, 5.74) is 4.35. The number of nitrogens with one attached hydrogen (secondary N) is 1. The Morgan fingerprint density at radius 2 is 1.71 bits per heavy atom. The van der Waals surface area contributed by atoms with E-state index < -0.39 is 0 Å². The minimum absolute atomic E-state index is 0.0277. The molecule has 2 fully saturated rings. The van der Waals surface area contributed by atoms with E-state index >= 15 is 0 Å². The van der Waals surface area contributed by atoms with Crippen LogP contribution < -0.4 is 15.1 Å². The number of morpholine rings is 2. The van der Waals surface area contributed by atoms with Gasteiger partial charge >= 0.3 is 0 Å². The predicted molar refractivity (Wildman–Crippen MR) is 130 cm³/mol. The lowest BCUT2D eigenvalue weighted by atomic mass is 10.0. The average molecular weight is 461 g/mol. The van der Waals surface area contributed by atoms with Crippen molar-refractivity contribution in [3.05, 3.63) is 35.9 Å². The third kappa shape index (κ3) is 3.74. The molecule has 34 heavy (non-hydrogen) atoms. The number of nitrogens with zero attached hydrogens (tertiary/aromatic N) is 5. The molecule has 0 aliphatic carbocycles. The van der Waals surface area contributed by atoms with Crippen LogP contribution in [0.2, 0.25) is 0 Å². The van der Waals surface area contributed by atoms with Gasteiger partial charge in [0.15, 0.2) is 5.65 Å². The highest BCUT2D eigenvalue weighted by atomic mass is 16.5. The normalized spacial score (nSPS) is 22.7. The van der Waals surface area contributed by atoms with Crippen LogP contribution in [0, 0.1) is 0 Å². The maximum absolute atomic E-state index is 11.8. The minimum atomic E-state index is 0.0277. The second-order valence-corrected chi connectivity index (χ2v) is 9.25. The van der Waals surface area contributed by atoms with E-state index in [1.165, 1.54) is 0 Å². The Bertz CT molecular complexity index is 1260. The number of benzene rings is 1. The first-order valence-electron chi connectivity index (χ1n) is 11.9. The quantitative estimate of drug-likeness (QED) is 0.638. The lowest BCUT2D eigenvalue weighted by Gasteiger charge is -2.37. The van der Waals surface area contributed by atoms with Gasteiger partial charge in [0.05, 0.1) is 56.0 Å². The molecule has 2 aromatic heterocycles. The molecule has 1 aromatic carbocycles. The Kier molecular flexibility index (Phi) is 5.30. The highest BCUT2D eigenvalue weighted by molar-refractivity contribution is 5.99. The molecule has 3 aliphatic rings. The Hall–Kier alpha value is -3.30. The Labute approximate surface area is 198 Å². The molecular formula is C25H28N6O3. The van der Waals surface area contributed by atoms with Crippen molar-refractivity contribution in [3.8, 4) is 11.3 Å². The molecule has 3 aromatic rings. The van der Waals surface area contributed by atoms with Gasteiger partial charge in [-0.3, -0.25) is 4.79 Å². The van der Waals surface area contributed by atoms with Gasteiger partial charge in [0, 0.05) is 24.3 Å². The van der Waals surface area contributed by atoms with E-state index in [1.54, 1.807) is 0 Å². The SMILES string of the molecule is C[C@H]1COCCN1c1nc(N2CCOC[C@@H]2C)c2ccc(-c3ccc4c(c3)CC(=O)N4)nc2n1. The fourth-order valence-electron chi connectivity index (χ4n) is 4.95. The van der Waals surface area contributed by atoms with E-state index in [0.29, 0.717) is 44.4 Å². The molecule has 5 heterocycles. The number of hydrogen-bond acceptors (Lipinski definition) is 8. The highest BCUT2D eigenvalue weighted by Gasteiger charge is 2.27. The number of anilines is 3. The molecule has 176 valence electrons. The summed E-state index contributed by atoms with van der Waals surface area (Å²) in [6, 6.07) is 10.5. The monoisotopic (exact) mass is 460 g/mol. The number of rotatable bonds is 3. The maximum atomic E-state index is 11.8. The fraction of sp³-hybridized carbons (Fsp3) is 0.440. The van der Waals surface area contributed by atoms with Crippen LogP contribution in [0.5, 0.6) is 0 Å². The zero-order valence-electron chi connectivity index (χ0n) is 19.5. The molecule has 0 bridgehead atoms. The average Bonchev–Trinajstić information content (AvgIpc) is 3.23. The lowest BCUT2D eigenvalue weighted by Crippen LogP contribution is -2.46. The van der Waals surface area contributed by atoms with Gasteiger partial charge in [-0.1, -0.05) is 6.07 Å². The van der Waals surface area contributed by atoms with Gasteiger partial charge in [0.25, 0.3) is 0 Å². The number of aromatic nitrogens is 3. The summed E-state index contributed by atoms with van der Waals surface area (Å²) in [4.78, 5) is 31.2. The second kappa shape index (κ2) is 8.48. The zero-order valence-corrected chi connectivity index (χ0v) is 19.5. The van der Waals surface area contributed by atoms with Crippen molar-refractivity contribution in [2.75, 3.05) is 54.6 Å². The maximum Gasteiger partial charge on any atom is 0.229 e. The smallest absolute Gasteiger partial charge is 0.229 e. The second-order valence-electron chi connectivity index (χ2n) is 9.25. The molecule has 2 atom stereocenters. The summed E-state index contributed by atoms with van der Waals surface area (Å²) in [5.74, 6) is 1.61. The lowest BCUT2D eigenvalue weighted by molar-refractivity contribution is -0.115. The summed E-state index contributed by atoms with van der Waals surface area (Å²) in [5, 5.41) is 3.82. The summed E-state index contributed by atoms with van der Waals surface area (Å²) in [6.45, 7) is 8.47. The van der Waals surface area contributed by atoms with Crippen molar-refractivity contribution in [3.63, 3.8) is 0 Å². The number of pyridine rings is 1. The van der Waals surface area contributed by atoms with Gasteiger partial charge < -0.3 is 24.6 Å². The van der Waals surface area contributed by atoms with Crippen LogP contribution in [0.25, 0.3) is 22.3 Å². The van der Waals surface area contributed by atoms with E-state index in [0.717, 1.165) is 46.8 Å². The number of hydrogen-bond donors (Lipinski definition) is 1. The van der Waals surface area contributed by atoms with Crippen LogP contribution in [-0.4, -0.2) is 72.5 Å². The van der Waals surface area contributed by atoms with Crippen LogP contribution in [0.4, 0.5) is 17.5 Å². The minimum Gasteiger partial charge on any atom is -0.377 e. The first kappa shape index (κ1) is 21.2. The molecule has 2 saturated heterocycles. The van der Waals surface area contributed by atoms with Crippen molar-refractivity contribution in [1.82, 2.24) is 15.0 Å². The third-order valence-electron chi connectivity index (χ3n) is 6.82. The predicted octanol–water partition coefficient (Wildman–Crippen LogP) is 2.64. The zero-order chi connectivity index (χ0) is 23.2. The summed E-state index contributed by atoms with van der Waals surface area (Å²) in [6.07, 6.45) is 0.400. The molecule has 0 unspecified atom stereocenters. The molecule has 1 amide bonds. The number of fused-ring (bicyclic) bond motifs is 2. The van der Waals surface area contributed by atoms with Gasteiger partial charge in [-0.2, -0.15) is 9.97 Å². The Morgan fingerprint density at radius 3 is 2.47 bits per heavy atom. The largest absolute Gasteiger partial charge is 0.377 e. The van der Waals surface area contributed by atoms with E-state index in [1.807, 2.05) is 24.3 Å². The van der Waals surface area contributed by atoms with Gasteiger partial charge in [0.1, 0.15) is 5.82 Å². The Morgan fingerprint density at radius 1 is 0.941 bits per heavy atom. The van der Waals surface area contributed by atoms with Crippen molar-refractivity contribution < 1.29 is 14.3 Å². The summed E-state index contributed by atoms with van der Waals surface area (Å²) >= 11 is 0. The summed E-state index contributed by atoms with van der Waals surface area (Å²) < 4.78 is 11.3. The van der Waals surface area contributed by atoms with Gasteiger partial charge in [-0.15, -0.1) is 0 Å². The highest BCUT2D eigenvalue weighted by Crippen LogP contribution is 2.33. The van der Waals surface area contributed by atoms with E-state index in [9.17, 15) is 4.79 Å². The first-order valence-corrected chi connectivity index (χ1v) is 11.9. The molecule has 0 saturated carbocycles. The fourth-order valence-corrected chi connectivity index (χ4v) is 4.95. The first-order chi connectivity index (χ1) is 16.6. The van der Waals surface area contributed by atoms with Crippen LogP contribution in [0.3, 0.4) is 0 Å². The van der Waals surface area contributed by atoms with Crippen LogP contribution >= 0.6 is 0 Å². The topological polar surface area (TPSA) is 92.7 Å². The van der Waals surface area contributed by atoms with Crippen molar-refractivity contribution in [1.29, 1.82) is 0 Å². The molecule has 1 N–H and O–H groups in total. The van der Waals surface area contributed by atoms with Crippen molar-refractivity contribution in [2.24, 2.45) is 0 Å². The van der Waals surface area contributed by atoms with Gasteiger partial charge in [-0.25, -0.2) is 4.98 Å². The molecule has 0 radical (unpaired) electrons. The number of carbonyl (C=O) groups is 1. The summed E-state index contributed by atoms with van der Waals surface area (Å²) in [7, 11) is 0.